The molecule has 1 amide bonds. The lowest BCUT2D eigenvalue weighted by molar-refractivity contribution is -0.384. The van der Waals surface area contributed by atoms with Crippen molar-refractivity contribution in [2.24, 2.45) is 5.73 Å². The number of carbonyl (C=O) groups excluding carboxylic acids is 2. The molecule has 0 bridgehead atoms. The van der Waals surface area contributed by atoms with E-state index in [0.29, 0.717) is 0 Å². The third-order valence-corrected chi connectivity index (χ3v) is 4.34. The van der Waals surface area contributed by atoms with Crippen LogP contribution in [0.3, 0.4) is 0 Å². The van der Waals surface area contributed by atoms with Crippen molar-refractivity contribution in [1.82, 2.24) is 0 Å². The largest absolute Gasteiger partial charge is 0.495 e. The number of nitro groups is 2. The van der Waals surface area contributed by atoms with Crippen LogP contribution in [-0.2, 0) is 4.74 Å². The van der Waals surface area contributed by atoms with Gasteiger partial charge in [-0.05, 0) is 12.1 Å². The summed E-state index contributed by atoms with van der Waals surface area (Å²) in [6, 6.07) is 4.57. The van der Waals surface area contributed by atoms with E-state index in [-0.39, 0.29) is 32.7 Å². The molecule has 2 N–H and O–H groups in total. The van der Waals surface area contributed by atoms with Crippen molar-refractivity contribution in [2.45, 2.75) is 0 Å². The summed E-state index contributed by atoms with van der Waals surface area (Å²) < 4.78 is 14.1. The Kier molecular flexibility index (Phi) is 8.96. The average Bonchev–Trinajstić information content (AvgIpc) is 2.73. The first-order valence-corrected chi connectivity index (χ1v) is 8.65. The Morgan fingerprint density at radius 3 is 1.55 bits per heavy atom. The Morgan fingerprint density at radius 2 is 1.23 bits per heavy atom. The molecule has 0 heterocycles. The van der Waals surface area contributed by atoms with Gasteiger partial charge < -0.3 is 19.9 Å². The van der Waals surface area contributed by atoms with Gasteiger partial charge in [0, 0.05) is 17.7 Å². The van der Waals surface area contributed by atoms with Crippen molar-refractivity contribution >= 4 is 46.5 Å². The molecule has 0 aromatic heterocycles. The molecule has 12 nitrogen and oxygen atoms in total. The van der Waals surface area contributed by atoms with Crippen LogP contribution >= 0.6 is 23.2 Å². The maximum absolute atomic E-state index is 11.2. The number of nitrogens with two attached hydrogens (primary N) is 1. The molecule has 0 aliphatic rings. The molecule has 2 aromatic rings. The Bertz CT molecular complexity index is 1040. The van der Waals surface area contributed by atoms with Gasteiger partial charge in [0.1, 0.15) is 11.5 Å². The number of ether oxygens (including phenoxy) is 3. The van der Waals surface area contributed by atoms with Crippen LogP contribution in [0.1, 0.15) is 20.7 Å². The molecule has 0 fully saturated rings. The number of benzene rings is 2. The van der Waals surface area contributed by atoms with Crippen LogP contribution in [0.25, 0.3) is 0 Å². The second-order valence-corrected chi connectivity index (χ2v) is 6.15. The number of hydrogen-bond acceptors (Lipinski definition) is 9. The summed E-state index contributed by atoms with van der Waals surface area (Å²) in [5.74, 6) is -1.39. The van der Waals surface area contributed by atoms with E-state index >= 15 is 0 Å². The first-order chi connectivity index (χ1) is 14.5. The minimum atomic E-state index is -0.784. The minimum Gasteiger partial charge on any atom is -0.495 e. The Balaban J connectivity index is 0.000000311. The monoisotopic (exact) mass is 475 g/mol. The summed E-state index contributed by atoms with van der Waals surface area (Å²) in [6.07, 6.45) is 0. The average molecular weight is 476 g/mol. The molecular formula is C17H15Cl2N3O9. The number of esters is 1. The second-order valence-electron chi connectivity index (χ2n) is 5.39. The molecule has 0 radical (unpaired) electrons. The van der Waals surface area contributed by atoms with Crippen molar-refractivity contribution in [3.63, 3.8) is 0 Å². The highest BCUT2D eigenvalue weighted by molar-refractivity contribution is 6.34. The van der Waals surface area contributed by atoms with Gasteiger partial charge in [-0.25, -0.2) is 4.79 Å². The fourth-order valence-electron chi connectivity index (χ4n) is 2.11. The van der Waals surface area contributed by atoms with Crippen molar-refractivity contribution in [2.75, 3.05) is 21.3 Å². The molecule has 0 unspecified atom stereocenters. The highest BCUT2D eigenvalue weighted by Gasteiger charge is 2.22. The van der Waals surface area contributed by atoms with Gasteiger partial charge in [0.2, 0.25) is 5.91 Å². The van der Waals surface area contributed by atoms with Gasteiger partial charge in [-0.3, -0.25) is 25.0 Å². The number of rotatable bonds is 6. The van der Waals surface area contributed by atoms with Crippen molar-refractivity contribution in [1.29, 1.82) is 0 Å². The van der Waals surface area contributed by atoms with Gasteiger partial charge in [0.15, 0.2) is 10.0 Å². The molecule has 31 heavy (non-hydrogen) atoms. The number of nitrogens with zero attached hydrogens (tertiary/aromatic N) is 2. The lowest BCUT2D eigenvalue weighted by atomic mass is 10.2. The summed E-state index contributed by atoms with van der Waals surface area (Å²) >= 11 is 11.4. The summed E-state index contributed by atoms with van der Waals surface area (Å²) in [4.78, 5) is 41.9. The van der Waals surface area contributed by atoms with Crippen LogP contribution in [0.4, 0.5) is 11.4 Å². The lowest BCUT2D eigenvalue weighted by Crippen LogP contribution is -2.11. The van der Waals surface area contributed by atoms with E-state index in [0.717, 1.165) is 12.1 Å². The number of halogens is 2. The predicted octanol–water partition coefficient (Wildman–Crippen LogP) is 3.40. The SMILES string of the molecule is COC(=O)c1cc(OC)c(Cl)c([N+](=O)[O-])c1.COc1cc(C(N)=O)cc([N+](=O)[O-])c1Cl. The van der Waals surface area contributed by atoms with Gasteiger partial charge in [0.25, 0.3) is 11.4 Å². The number of carbonyl (C=O) groups is 2. The minimum absolute atomic E-state index is 0.00968. The Morgan fingerprint density at radius 1 is 0.839 bits per heavy atom. The van der Waals surface area contributed by atoms with Gasteiger partial charge >= 0.3 is 5.97 Å². The summed E-state index contributed by atoms with van der Waals surface area (Å²) in [7, 11) is 3.76. The number of amides is 1. The quantitative estimate of drug-likeness (QED) is 0.372. The first kappa shape index (κ1) is 25.4. The molecule has 166 valence electrons. The molecular weight excluding hydrogens is 461 g/mol. The van der Waals surface area contributed by atoms with E-state index in [1.807, 2.05) is 0 Å². The molecule has 2 aromatic carbocycles. The van der Waals surface area contributed by atoms with E-state index in [4.69, 9.17) is 38.4 Å². The fourth-order valence-corrected chi connectivity index (χ4v) is 2.62. The Hall–Kier alpha value is -3.64. The zero-order valence-corrected chi connectivity index (χ0v) is 17.7. The third kappa shape index (κ3) is 6.17. The fraction of sp³-hybridized carbons (Fsp3) is 0.176. The third-order valence-electron chi connectivity index (χ3n) is 3.58. The molecule has 0 saturated heterocycles. The molecule has 0 aliphatic heterocycles. The standard InChI is InChI=1S/C9H8ClNO5.C8H7ClN2O4/c1-15-7-4-5(9(12)16-2)3-6(8(7)10)11(13)14;1-15-6-3-4(8(10)12)2-5(7(6)9)11(13)14/h3-4H,1-2H3;2-3H,1H3,(H2,10,12). The van der Waals surface area contributed by atoms with Gasteiger partial charge in [-0.2, -0.15) is 0 Å². The number of hydrogen-bond donors (Lipinski definition) is 1. The highest BCUT2D eigenvalue weighted by atomic mass is 35.5. The second kappa shape index (κ2) is 10.9. The van der Waals surface area contributed by atoms with E-state index < -0.39 is 33.1 Å². The smallest absolute Gasteiger partial charge is 0.338 e. The molecule has 0 spiro atoms. The normalized spacial score (nSPS) is 9.71. The Labute approximate surface area is 184 Å². The lowest BCUT2D eigenvalue weighted by Gasteiger charge is -2.06. The zero-order chi connectivity index (χ0) is 23.9. The van der Waals surface area contributed by atoms with Crippen LogP contribution < -0.4 is 15.2 Å². The highest BCUT2D eigenvalue weighted by Crippen LogP contribution is 2.36. The van der Waals surface area contributed by atoms with Crippen LogP contribution in [0.2, 0.25) is 10.0 Å². The summed E-state index contributed by atoms with van der Waals surface area (Å²) in [5.41, 5.74) is 4.17. The zero-order valence-electron chi connectivity index (χ0n) is 16.2. The van der Waals surface area contributed by atoms with Crippen LogP contribution in [-0.4, -0.2) is 43.1 Å². The van der Waals surface area contributed by atoms with Crippen LogP contribution in [0, 0.1) is 20.2 Å². The van der Waals surface area contributed by atoms with Crippen LogP contribution in [0.5, 0.6) is 11.5 Å². The van der Waals surface area contributed by atoms with Gasteiger partial charge in [-0.1, -0.05) is 23.2 Å². The van der Waals surface area contributed by atoms with Crippen molar-refractivity contribution in [3.8, 4) is 11.5 Å². The van der Waals surface area contributed by atoms with E-state index in [1.54, 1.807) is 0 Å². The molecule has 0 atom stereocenters. The predicted molar refractivity (Wildman–Crippen MR) is 109 cm³/mol. The van der Waals surface area contributed by atoms with E-state index in [1.165, 1.54) is 33.5 Å². The van der Waals surface area contributed by atoms with E-state index in [2.05, 4.69) is 4.74 Å². The summed E-state index contributed by atoms with van der Waals surface area (Å²) in [6.45, 7) is 0. The van der Waals surface area contributed by atoms with Gasteiger partial charge in [-0.15, -0.1) is 0 Å². The topological polar surface area (TPSA) is 174 Å². The van der Waals surface area contributed by atoms with Crippen LogP contribution in [0.15, 0.2) is 24.3 Å². The van der Waals surface area contributed by atoms with E-state index in [9.17, 15) is 29.8 Å². The first-order valence-electron chi connectivity index (χ1n) is 7.90. The van der Waals surface area contributed by atoms with Crippen molar-refractivity contribution in [3.05, 3.63) is 65.7 Å². The number of methoxy groups -OCH3 is 3. The molecule has 0 aliphatic carbocycles. The maximum Gasteiger partial charge on any atom is 0.338 e. The maximum atomic E-state index is 11.2. The molecule has 0 saturated carbocycles. The molecule has 14 heteroatoms. The van der Waals surface area contributed by atoms with Crippen molar-refractivity contribution < 1.29 is 33.6 Å². The molecule has 2 rings (SSSR count). The number of primary amides is 1. The number of nitro benzene ring substituents is 2. The van der Waals surface area contributed by atoms with Gasteiger partial charge in [0.05, 0.1) is 36.7 Å². The summed E-state index contributed by atoms with van der Waals surface area (Å²) in [5, 5.41) is 20.9.